The highest BCUT2D eigenvalue weighted by Crippen LogP contribution is 2.46. The van der Waals surface area contributed by atoms with E-state index in [1.54, 1.807) is 30.3 Å². The fourth-order valence-corrected chi connectivity index (χ4v) is 10.2. The van der Waals surface area contributed by atoms with Crippen LogP contribution < -0.4 is 20.1 Å². The minimum Gasteiger partial charge on any atom is -0.471 e. The van der Waals surface area contributed by atoms with Crippen molar-refractivity contribution in [3.05, 3.63) is 89.8 Å². The van der Waals surface area contributed by atoms with Crippen LogP contribution in [0.25, 0.3) is 21.6 Å². The molecule has 14 nitrogen and oxygen atoms in total. The van der Waals surface area contributed by atoms with Crippen LogP contribution in [-0.4, -0.2) is 83.5 Å². The first-order valence-electron chi connectivity index (χ1n) is 20.4. The van der Waals surface area contributed by atoms with Gasteiger partial charge >= 0.3 is 6.09 Å². The summed E-state index contributed by atoms with van der Waals surface area (Å²) in [6.07, 6.45) is 9.05. The number of carbonyl (C=O) groups excluding carboxylic acids is 4. The van der Waals surface area contributed by atoms with Gasteiger partial charge in [-0.1, -0.05) is 73.5 Å². The second-order valence-electron chi connectivity index (χ2n) is 15.8. The van der Waals surface area contributed by atoms with E-state index < -0.39 is 69.2 Å². The van der Waals surface area contributed by atoms with Crippen LogP contribution in [0, 0.1) is 5.92 Å². The molecular formula is C43H48N6O8S2. The van der Waals surface area contributed by atoms with Gasteiger partial charge in [-0.15, -0.1) is 11.3 Å². The number of hydrogen-bond donors (Lipinski definition) is 3. The van der Waals surface area contributed by atoms with Crippen LogP contribution in [0.3, 0.4) is 0 Å². The SMILES string of the molecule is O=C(N[C@H]1CCCCCC=CC2C[C@@]2(C(=O)NS(=O)(=O)Cc2ccccc2)NC(=O)[C@@H]2C[C@@H](Oc3nc4ccccc4nc3-c3cccs3)CN2C1=O)OC1CCCC1. The molecule has 1 saturated heterocycles. The molecule has 4 aromatic rings. The van der Waals surface area contributed by atoms with Crippen LogP contribution in [0.5, 0.6) is 5.88 Å². The number of rotatable bonds is 9. The van der Waals surface area contributed by atoms with E-state index in [2.05, 4.69) is 15.4 Å². The third-order valence-corrected chi connectivity index (χ3v) is 13.6. The van der Waals surface area contributed by atoms with Crippen LogP contribution in [0.4, 0.5) is 4.79 Å². The third-order valence-electron chi connectivity index (χ3n) is 11.5. The molecule has 4 heterocycles. The van der Waals surface area contributed by atoms with Gasteiger partial charge in [-0.3, -0.25) is 19.1 Å². The minimum atomic E-state index is -4.14. The molecule has 0 bridgehead atoms. The summed E-state index contributed by atoms with van der Waals surface area (Å²) in [6.45, 7) is -0.0286. The van der Waals surface area contributed by atoms with E-state index in [0.717, 1.165) is 43.4 Å². The molecule has 2 saturated carbocycles. The Labute approximate surface area is 347 Å². The number of allylic oxidation sites excluding steroid dienone is 1. The van der Waals surface area contributed by atoms with Gasteiger partial charge in [0.1, 0.15) is 35.5 Å². The number of para-hydroxylation sites is 2. The number of aromatic nitrogens is 2. The molecular weight excluding hydrogens is 793 g/mol. The van der Waals surface area contributed by atoms with Crippen molar-refractivity contribution in [1.82, 2.24) is 30.2 Å². The number of hydrogen-bond acceptors (Lipinski definition) is 11. The molecule has 3 N–H and O–H groups in total. The number of ether oxygens (including phenoxy) is 2. The Morgan fingerprint density at radius 2 is 1.64 bits per heavy atom. The molecule has 1 unspecified atom stereocenters. The second kappa shape index (κ2) is 17.5. The van der Waals surface area contributed by atoms with Gasteiger partial charge in [0.2, 0.25) is 27.7 Å². The van der Waals surface area contributed by atoms with E-state index in [1.807, 2.05) is 53.9 Å². The number of nitrogens with zero attached hydrogens (tertiary/aromatic N) is 3. The summed E-state index contributed by atoms with van der Waals surface area (Å²) in [5, 5.41) is 7.66. The smallest absolute Gasteiger partial charge is 0.408 e. The quantitative estimate of drug-likeness (QED) is 0.174. The molecule has 0 spiro atoms. The number of amides is 4. The monoisotopic (exact) mass is 840 g/mol. The van der Waals surface area contributed by atoms with Crippen LogP contribution in [0.1, 0.15) is 76.2 Å². The number of fused-ring (bicyclic) bond motifs is 3. The van der Waals surface area contributed by atoms with Gasteiger partial charge in [-0.25, -0.2) is 23.2 Å². The average Bonchev–Trinajstić information content (AvgIpc) is 3.71. The first kappa shape index (κ1) is 40.4. The average molecular weight is 841 g/mol. The Balaban J connectivity index is 1.09. The Bertz CT molecular complexity index is 2320. The number of nitrogens with one attached hydrogen (secondary N) is 3. The van der Waals surface area contributed by atoms with Crippen molar-refractivity contribution < 1.29 is 37.1 Å². The minimum absolute atomic E-state index is 0.0275. The Morgan fingerprint density at radius 3 is 2.41 bits per heavy atom. The van der Waals surface area contributed by atoms with Gasteiger partial charge in [0.25, 0.3) is 5.91 Å². The largest absolute Gasteiger partial charge is 0.471 e. The molecule has 4 aliphatic rings. The molecule has 2 aromatic carbocycles. The highest BCUT2D eigenvalue weighted by molar-refractivity contribution is 7.89. The zero-order chi connectivity index (χ0) is 41.0. The van der Waals surface area contributed by atoms with Crippen molar-refractivity contribution in [3.8, 4) is 16.5 Å². The molecule has 5 atom stereocenters. The van der Waals surface area contributed by atoms with Gasteiger partial charge in [0.05, 0.1) is 28.2 Å². The van der Waals surface area contributed by atoms with Crippen LogP contribution >= 0.6 is 11.3 Å². The predicted octanol–water partition coefficient (Wildman–Crippen LogP) is 5.79. The lowest BCUT2D eigenvalue weighted by atomic mass is 10.0. The fraction of sp³-hybridized carbons (Fsp3) is 0.442. The summed E-state index contributed by atoms with van der Waals surface area (Å²) >= 11 is 1.48. The molecule has 59 heavy (non-hydrogen) atoms. The highest BCUT2D eigenvalue weighted by Gasteiger charge is 2.61. The molecule has 16 heteroatoms. The number of thiophene rings is 1. The van der Waals surface area contributed by atoms with E-state index in [1.165, 1.54) is 16.2 Å². The third kappa shape index (κ3) is 9.43. The van der Waals surface area contributed by atoms with Gasteiger partial charge in [0.15, 0.2) is 0 Å². The van der Waals surface area contributed by atoms with Gasteiger partial charge in [0, 0.05) is 12.3 Å². The Kier molecular flexibility index (Phi) is 12.0. The van der Waals surface area contributed by atoms with E-state index in [-0.39, 0.29) is 31.4 Å². The molecule has 310 valence electrons. The van der Waals surface area contributed by atoms with Crippen LogP contribution in [0.15, 0.2) is 84.3 Å². The van der Waals surface area contributed by atoms with Crippen molar-refractivity contribution >= 4 is 56.2 Å². The summed E-state index contributed by atoms with van der Waals surface area (Å²) in [5.74, 6) is -2.61. The van der Waals surface area contributed by atoms with E-state index in [9.17, 15) is 27.6 Å². The first-order valence-corrected chi connectivity index (χ1v) is 22.9. The topological polar surface area (TPSA) is 186 Å². The predicted molar refractivity (Wildman–Crippen MR) is 221 cm³/mol. The van der Waals surface area contributed by atoms with Crippen LogP contribution in [0.2, 0.25) is 0 Å². The van der Waals surface area contributed by atoms with E-state index in [0.29, 0.717) is 41.6 Å². The molecule has 3 fully saturated rings. The van der Waals surface area contributed by atoms with Crippen molar-refractivity contribution in [2.45, 2.75) is 106 Å². The summed E-state index contributed by atoms with van der Waals surface area (Å²) in [4.78, 5) is 68.5. The van der Waals surface area contributed by atoms with Crippen molar-refractivity contribution in [2.75, 3.05) is 6.54 Å². The Morgan fingerprint density at radius 1 is 0.898 bits per heavy atom. The normalized spacial score (nSPS) is 25.3. The lowest BCUT2D eigenvalue weighted by Gasteiger charge is -2.30. The molecule has 8 rings (SSSR count). The highest BCUT2D eigenvalue weighted by atomic mass is 32.2. The van der Waals surface area contributed by atoms with Gasteiger partial charge in [-0.2, -0.15) is 0 Å². The number of carbonyl (C=O) groups is 4. The lowest BCUT2D eigenvalue weighted by Crippen LogP contribution is -2.58. The van der Waals surface area contributed by atoms with Crippen LogP contribution in [-0.2, 0) is 34.9 Å². The fourth-order valence-electron chi connectivity index (χ4n) is 8.36. The standard InChI is InChI=1S/C43H48N6O8S2/c50-38-35-24-31(56-39-37(36-22-13-23-58-36)44-32-19-11-12-20-33(32)45-39)26-49(35)40(51)34(46-42(53)57-30-17-9-10-18-30)21-8-3-1-2-7-16-29-25-43(29,47-38)41(52)48-59(54,55)27-28-14-5-4-6-15-28/h4-7,11-16,19-20,22-23,29-31,34-35H,1-3,8-10,17-18,21,24-27H2,(H,46,53)(H,47,50)(H,48,52)/t29?,31-,34+,35+,43-/m1/s1. The maximum Gasteiger partial charge on any atom is 0.408 e. The summed E-state index contributed by atoms with van der Waals surface area (Å²) in [6, 6.07) is 17.6. The van der Waals surface area contributed by atoms with E-state index in [4.69, 9.17) is 19.4 Å². The Hall–Kier alpha value is -5.35. The summed E-state index contributed by atoms with van der Waals surface area (Å²) < 4.78 is 41.1. The molecule has 2 aliphatic carbocycles. The maximum atomic E-state index is 14.7. The van der Waals surface area contributed by atoms with Gasteiger partial charge in [-0.05, 0) is 80.5 Å². The van der Waals surface area contributed by atoms with Crippen molar-refractivity contribution in [1.29, 1.82) is 0 Å². The summed E-state index contributed by atoms with van der Waals surface area (Å²) in [5.41, 5.74) is 0.746. The maximum absolute atomic E-state index is 14.7. The number of sulfonamides is 1. The molecule has 2 aliphatic heterocycles. The number of benzene rings is 2. The molecule has 2 aromatic heterocycles. The van der Waals surface area contributed by atoms with Gasteiger partial charge < -0.3 is 25.0 Å². The summed E-state index contributed by atoms with van der Waals surface area (Å²) in [7, 11) is -4.14. The molecule has 0 radical (unpaired) electrons. The zero-order valence-electron chi connectivity index (χ0n) is 32.6. The first-order chi connectivity index (χ1) is 28.6. The lowest BCUT2D eigenvalue weighted by molar-refractivity contribution is -0.141. The van der Waals surface area contributed by atoms with E-state index >= 15 is 0 Å². The molecule has 4 amide bonds. The zero-order valence-corrected chi connectivity index (χ0v) is 34.2. The number of alkyl carbamates (subject to hydrolysis) is 1. The van der Waals surface area contributed by atoms with Crippen molar-refractivity contribution in [2.24, 2.45) is 5.92 Å². The van der Waals surface area contributed by atoms with Crippen molar-refractivity contribution in [3.63, 3.8) is 0 Å². The second-order valence-corrected chi connectivity index (χ2v) is 18.5.